The first-order valence-electron chi connectivity index (χ1n) is 8.12. The Kier molecular flexibility index (Phi) is 3.84. The fourth-order valence-electron chi connectivity index (χ4n) is 2.97. The largest absolute Gasteiger partial charge is 0.508 e. The van der Waals surface area contributed by atoms with Gasteiger partial charge in [0.1, 0.15) is 28.7 Å². The van der Waals surface area contributed by atoms with Crippen molar-refractivity contribution in [2.24, 2.45) is 0 Å². The van der Waals surface area contributed by atoms with Gasteiger partial charge in [-0.1, -0.05) is 6.07 Å². The summed E-state index contributed by atoms with van der Waals surface area (Å²) in [6.07, 6.45) is 3.39. The van der Waals surface area contributed by atoms with Crippen LogP contribution in [0.2, 0.25) is 0 Å². The molecule has 0 amide bonds. The minimum Gasteiger partial charge on any atom is -0.508 e. The Morgan fingerprint density at radius 3 is 2.69 bits per heavy atom. The van der Waals surface area contributed by atoms with Crippen molar-refractivity contribution in [3.8, 4) is 17.1 Å². The molecule has 0 atom stereocenters. The first-order chi connectivity index (χ1) is 12.5. The third kappa shape index (κ3) is 2.77. The molecule has 0 radical (unpaired) electrons. The molecular weight excluding hydrogens is 333 g/mol. The van der Waals surface area contributed by atoms with Crippen LogP contribution < -0.4 is 0 Å². The van der Waals surface area contributed by atoms with Crippen LogP contribution in [-0.2, 0) is 6.54 Å². The standard InChI is InChI=1S/C19H16FN5O/c1-11-17-19(23-12(2)22-11)25(10-14-5-6-15(26)8-16(14)20)18(24-17)13-4-3-7-21-9-13/h3-9,26H,10H2,1-2H3. The fourth-order valence-corrected chi connectivity index (χ4v) is 2.97. The summed E-state index contributed by atoms with van der Waals surface area (Å²) in [7, 11) is 0. The Morgan fingerprint density at radius 2 is 1.96 bits per heavy atom. The quantitative estimate of drug-likeness (QED) is 0.613. The summed E-state index contributed by atoms with van der Waals surface area (Å²) < 4.78 is 16.1. The van der Waals surface area contributed by atoms with Gasteiger partial charge >= 0.3 is 0 Å². The van der Waals surface area contributed by atoms with Crippen LogP contribution in [0.4, 0.5) is 4.39 Å². The number of benzene rings is 1. The number of pyridine rings is 1. The molecule has 0 aliphatic rings. The van der Waals surface area contributed by atoms with Crippen molar-refractivity contribution in [2.45, 2.75) is 20.4 Å². The molecule has 0 bridgehead atoms. The van der Waals surface area contributed by atoms with Gasteiger partial charge in [0.05, 0.1) is 12.2 Å². The van der Waals surface area contributed by atoms with Crippen LogP contribution in [0.5, 0.6) is 5.75 Å². The lowest BCUT2D eigenvalue weighted by Gasteiger charge is -2.10. The van der Waals surface area contributed by atoms with Gasteiger partial charge in [-0.15, -0.1) is 0 Å². The van der Waals surface area contributed by atoms with Crippen LogP contribution in [0, 0.1) is 19.7 Å². The maximum absolute atomic E-state index is 14.3. The van der Waals surface area contributed by atoms with E-state index in [2.05, 4.69) is 15.0 Å². The number of aryl methyl sites for hydroxylation is 2. The third-order valence-corrected chi connectivity index (χ3v) is 4.17. The van der Waals surface area contributed by atoms with Gasteiger partial charge in [-0.2, -0.15) is 0 Å². The van der Waals surface area contributed by atoms with Gasteiger partial charge in [0, 0.05) is 29.6 Å². The van der Waals surface area contributed by atoms with E-state index in [0.717, 1.165) is 17.3 Å². The molecule has 0 unspecified atom stereocenters. The van der Waals surface area contributed by atoms with Crippen LogP contribution in [-0.4, -0.2) is 29.6 Å². The molecule has 1 aromatic carbocycles. The summed E-state index contributed by atoms with van der Waals surface area (Å²) in [6, 6.07) is 7.85. The van der Waals surface area contributed by atoms with E-state index in [0.29, 0.717) is 28.4 Å². The normalized spacial score (nSPS) is 11.2. The number of aromatic nitrogens is 5. The van der Waals surface area contributed by atoms with Gasteiger partial charge < -0.3 is 9.67 Å². The van der Waals surface area contributed by atoms with E-state index in [1.165, 1.54) is 6.07 Å². The minimum absolute atomic E-state index is 0.108. The van der Waals surface area contributed by atoms with Gasteiger partial charge in [0.15, 0.2) is 5.65 Å². The van der Waals surface area contributed by atoms with E-state index in [4.69, 9.17) is 4.98 Å². The summed E-state index contributed by atoms with van der Waals surface area (Å²) in [5, 5.41) is 9.45. The zero-order valence-corrected chi connectivity index (χ0v) is 14.3. The SMILES string of the molecule is Cc1nc(C)c2nc(-c3cccnc3)n(Cc3ccc(O)cc3F)c2n1. The van der Waals surface area contributed by atoms with Crippen LogP contribution in [0.25, 0.3) is 22.6 Å². The van der Waals surface area contributed by atoms with Crippen LogP contribution in [0.3, 0.4) is 0 Å². The van der Waals surface area contributed by atoms with Crippen LogP contribution in [0.1, 0.15) is 17.1 Å². The predicted molar refractivity (Wildman–Crippen MR) is 95.2 cm³/mol. The average Bonchev–Trinajstić information content (AvgIpc) is 2.97. The van der Waals surface area contributed by atoms with Crippen LogP contribution in [0.15, 0.2) is 42.7 Å². The summed E-state index contributed by atoms with van der Waals surface area (Å²) in [5.74, 6) is 0.679. The molecule has 130 valence electrons. The van der Waals surface area contributed by atoms with E-state index in [1.54, 1.807) is 18.5 Å². The maximum Gasteiger partial charge on any atom is 0.164 e. The highest BCUT2D eigenvalue weighted by atomic mass is 19.1. The van der Waals surface area contributed by atoms with Gasteiger partial charge in [-0.25, -0.2) is 19.3 Å². The highest BCUT2D eigenvalue weighted by Gasteiger charge is 2.18. The number of phenols is 1. The number of aromatic hydroxyl groups is 1. The Balaban J connectivity index is 1.96. The lowest BCUT2D eigenvalue weighted by molar-refractivity contribution is 0.467. The van der Waals surface area contributed by atoms with Crippen LogP contribution >= 0.6 is 0 Å². The lowest BCUT2D eigenvalue weighted by Crippen LogP contribution is -2.06. The monoisotopic (exact) mass is 349 g/mol. The van der Waals surface area contributed by atoms with Crippen molar-refractivity contribution in [3.05, 3.63) is 65.6 Å². The zero-order valence-electron chi connectivity index (χ0n) is 14.3. The molecule has 4 rings (SSSR count). The van der Waals surface area contributed by atoms with Crippen molar-refractivity contribution in [3.63, 3.8) is 0 Å². The number of hydrogen-bond acceptors (Lipinski definition) is 5. The Morgan fingerprint density at radius 1 is 1.12 bits per heavy atom. The van der Waals surface area contributed by atoms with E-state index >= 15 is 0 Å². The second-order valence-electron chi connectivity index (χ2n) is 6.07. The number of fused-ring (bicyclic) bond motifs is 1. The number of rotatable bonds is 3. The third-order valence-electron chi connectivity index (χ3n) is 4.17. The van der Waals surface area contributed by atoms with E-state index in [1.807, 2.05) is 30.5 Å². The van der Waals surface area contributed by atoms with Crippen molar-refractivity contribution >= 4 is 11.2 Å². The number of imidazole rings is 1. The number of nitrogens with zero attached hydrogens (tertiary/aromatic N) is 5. The molecule has 0 aliphatic carbocycles. The summed E-state index contributed by atoms with van der Waals surface area (Å²) >= 11 is 0. The van der Waals surface area contributed by atoms with E-state index in [9.17, 15) is 9.50 Å². The molecule has 0 saturated heterocycles. The Hall–Kier alpha value is -3.35. The maximum atomic E-state index is 14.3. The first kappa shape index (κ1) is 16.1. The van der Waals surface area contributed by atoms with Crippen molar-refractivity contribution in [1.29, 1.82) is 0 Å². The summed E-state index contributed by atoms with van der Waals surface area (Å²) in [5.41, 5.74) is 3.32. The first-order valence-corrected chi connectivity index (χ1v) is 8.12. The van der Waals surface area contributed by atoms with E-state index < -0.39 is 5.82 Å². The lowest BCUT2D eigenvalue weighted by atomic mass is 10.2. The van der Waals surface area contributed by atoms with Gasteiger partial charge in [0.2, 0.25) is 0 Å². The molecule has 6 nitrogen and oxygen atoms in total. The zero-order chi connectivity index (χ0) is 18.3. The number of hydrogen-bond donors (Lipinski definition) is 1. The molecule has 1 N–H and O–H groups in total. The molecule has 3 aromatic heterocycles. The Bertz CT molecular complexity index is 1110. The molecule has 3 heterocycles. The summed E-state index contributed by atoms with van der Waals surface area (Å²) in [6.45, 7) is 3.92. The Labute approximate surface area is 149 Å². The molecule has 0 fully saturated rings. The topological polar surface area (TPSA) is 76.7 Å². The number of halogens is 1. The second kappa shape index (κ2) is 6.18. The van der Waals surface area contributed by atoms with Gasteiger partial charge in [-0.3, -0.25) is 4.98 Å². The number of phenolic OH excluding ortho intramolecular Hbond substituents is 1. The minimum atomic E-state index is -0.480. The van der Waals surface area contributed by atoms with Crippen molar-refractivity contribution in [2.75, 3.05) is 0 Å². The average molecular weight is 349 g/mol. The molecule has 0 saturated carbocycles. The molecule has 0 aliphatic heterocycles. The molecule has 26 heavy (non-hydrogen) atoms. The second-order valence-corrected chi connectivity index (χ2v) is 6.07. The highest BCUT2D eigenvalue weighted by Crippen LogP contribution is 2.27. The van der Waals surface area contributed by atoms with Gasteiger partial charge in [-0.05, 0) is 32.0 Å². The molecule has 4 aromatic rings. The highest BCUT2D eigenvalue weighted by molar-refractivity contribution is 5.79. The van der Waals surface area contributed by atoms with Crippen molar-refractivity contribution in [1.82, 2.24) is 24.5 Å². The predicted octanol–water partition coefficient (Wildman–Crippen LogP) is 3.40. The van der Waals surface area contributed by atoms with Gasteiger partial charge in [0.25, 0.3) is 0 Å². The van der Waals surface area contributed by atoms with Crippen molar-refractivity contribution < 1.29 is 9.50 Å². The molecule has 0 spiro atoms. The van der Waals surface area contributed by atoms with E-state index in [-0.39, 0.29) is 12.3 Å². The fraction of sp³-hybridized carbons (Fsp3) is 0.158. The smallest absolute Gasteiger partial charge is 0.164 e. The molecular formula is C19H16FN5O. The molecule has 7 heteroatoms. The summed E-state index contributed by atoms with van der Waals surface area (Å²) in [4.78, 5) is 17.7.